The van der Waals surface area contributed by atoms with E-state index in [-0.39, 0.29) is 0 Å². The Morgan fingerprint density at radius 2 is 2.33 bits per heavy atom. The van der Waals surface area contributed by atoms with E-state index in [1.165, 1.54) is 23.4 Å². The second kappa shape index (κ2) is 4.82. The summed E-state index contributed by atoms with van der Waals surface area (Å²) in [7, 11) is 0. The van der Waals surface area contributed by atoms with E-state index in [1.54, 1.807) is 11.3 Å². The molecule has 2 aromatic heterocycles. The van der Waals surface area contributed by atoms with Crippen molar-refractivity contribution in [3.8, 4) is 0 Å². The first-order valence-electron chi connectivity index (χ1n) is 6.40. The second-order valence-electron chi connectivity index (χ2n) is 4.94. The van der Waals surface area contributed by atoms with E-state index < -0.39 is 0 Å². The van der Waals surface area contributed by atoms with E-state index in [4.69, 9.17) is 0 Å². The van der Waals surface area contributed by atoms with Gasteiger partial charge in [-0.15, -0.1) is 11.3 Å². The Morgan fingerprint density at radius 1 is 1.50 bits per heavy atom. The molecule has 0 amide bonds. The van der Waals surface area contributed by atoms with Gasteiger partial charge in [-0.1, -0.05) is 0 Å². The number of rotatable bonds is 5. The van der Waals surface area contributed by atoms with E-state index >= 15 is 0 Å². The number of nitrogens with one attached hydrogen (secondary N) is 1. The smallest absolute Gasteiger partial charge is 0.109 e. The topological polar surface area (TPSA) is 42.7 Å². The molecule has 0 aromatic carbocycles. The molecule has 1 unspecified atom stereocenters. The lowest BCUT2D eigenvalue weighted by Gasteiger charge is -2.12. The van der Waals surface area contributed by atoms with Crippen LogP contribution in [0.15, 0.2) is 18.7 Å². The summed E-state index contributed by atoms with van der Waals surface area (Å²) in [6.45, 7) is 5.11. The molecule has 1 aliphatic carbocycles. The Hall–Kier alpha value is -1.20. The zero-order chi connectivity index (χ0) is 12.5. The molecule has 1 aliphatic rings. The molecule has 0 radical (unpaired) electrons. The van der Waals surface area contributed by atoms with Crippen LogP contribution in [0.4, 0.5) is 0 Å². The zero-order valence-electron chi connectivity index (χ0n) is 10.8. The normalized spacial score (nSPS) is 17.0. The van der Waals surface area contributed by atoms with E-state index in [2.05, 4.69) is 33.7 Å². The third kappa shape index (κ3) is 2.47. The van der Waals surface area contributed by atoms with Crippen molar-refractivity contribution in [3.63, 3.8) is 0 Å². The largest absolute Gasteiger partial charge is 0.330 e. The van der Waals surface area contributed by atoms with Crippen LogP contribution in [0.3, 0.4) is 0 Å². The van der Waals surface area contributed by atoms with Crippen molar-refractivity contribution in [2.75, 3.05) is 0 Å². The average molecular weight is 262 g/mol. The van der Waals surface area contributed by atoms with E-state index in [0.29, 0.717) is 12.1 Å². The van der Waals surface area contributed by atoms with Crippen LogP contribution < -0.4 is 5.32 Å². The highest BCUT2D eigenvalue weighted by Gasteiger charge is 2.25. The molecule has 96 valence electrons. The van der Waals surface area contributed by atoms with Gasteiger partial charge in [-0.2, -0.15) is 0 Å². The van der Waals surface area contributed by atoms with Crippen LogP contribution in [0.2, 0.25) is 0 Å². The Balaban J connectivity index is 1.61. The van der Waals surface area contributed by atoms with Gasteiger partial charge in [0.05, 0.1) is 18.1 Å². The molecule has 3 rings (SSSR count). The van der Waals surface area contributed by atoms with Crippen LogP contribution in [0.5, 0.6) is 0 Å². The van der Waals surface area contributed by atoms with Crippen LogP contribution in [-0.2, 0) is 6.54 Å². The van der Waals surface area contributed by atoms with E-state index in [9.17, 15) is 0 Å². The minimum absolute atomic E-state index is 0.297. The van der Waals surface area contributed by atoms with Gasteiger partial charge in [-0.3, -0.25) is 0 Å². The van der Waals surface area contributed by atoms with E-state index in [0.717, 1.165) is 11.6 Å². The van der Waals surface area contributed by atoms with Crippen LogP contribution in [0.1, 0.15) is 47.4 Å². The fraction of sp³-hybridized carbons (Fsp3) is 0.538. The predicted octanol–water partition coefficient (Wildman–Crippen LogP) is 2.83. The highest BCUT2D eigenvalue weighted by atomic mass is 32.1. The van der Waals surface area contributed by atoms with Crippen LogP contribution in [-0.4, -0.2) is 14.5 Å². The summed E-state index contributed by atoms with van der Waals surface area (Å²) in [5.41, 5.74) is 1.28. The SMILES string of the molecule is Cc1cnc(C(C)NCc2cncn2C2CC2)s1. The van der Waals surface area contributed by atoms with Crippen molar-refractivity contribution in [2.24, 2.45) is 0 Å². The summed E-state index contributed by atoms with van der Waals surface area (Å²) < 4.78 is 2.30. The lowest BCUT2D eigenvalue weighted by atomic mass is 10.3. The highest BCUT2D eigenvalue weighted by molar-refractivity contribution is 7.11. The highest BCUT2D eigenvalue weighted by Crippen LogP contribution is 2.35. The first kappa shape index (κ1) is 11.9. The molecule has 0 spiro atoms. The molecule has 4 nitrogen and oxygen atoms in total. The fourth-order valence-corrected chi connectivity index (χ4v) is 2.87. The first-order chi connectivity index (χ1) is 8.74. The van der Waals surface area contributed by atoms with Gasteiger partial charge in [0.1, 0.15) is 5.01 Å². The average Bonchev–Trinajstić information content (AvgIpc) is 2.94. The van der Waals surface area contributed by atoms with Crippen LogP contribution in [0.25, 0.3) is 0 Å². The number of hydrogen-bond acceptors (Lipinski definition) is 4. The number of thiazole rings is 1. The van der Waals surface area contributed by atoms with Crippen LogP contribution >= 0.6 is 11.3 Å². The molecule has 1 N–H and O–H groups in total. The third-order valence-electron chi connectivity index (χ3n) is 3.29. The number of imidazole rings is 1. The van der Waals surface area contributed by atoms with Crippen molar-refractivity contribution in [1.29, 1.82) is 0 Å². The summed E-state index contributed by atoms with van der Waals surface area (Å²) >= 11 is 1.76. The summed E-state index contributed by atoms with van der Waals surface area (Å²) in [4.78, 5) is 9.93. The molecule has 18 heavy (non-hydrogen) atoms. The lowest BCUT2D eigenvalue weighted by molar-refractivity contribution is 0.545. The molecule has 0 saturated heterocycles. The molecular formula is C13H18N4S. The van der Waals surface area contributed by atoms with Gasteiger partial charge >= 0.3 is 0 Å². The number of nitrogens with zero attached hydrogens (tertiary/aromatic N) is 3. The monoisotopic (exact) mass is 262 g/mol. The number of aromatic nitrogens is 3. The summed E-state index contributed by atoms with van der Waals surface area (Å²) in [6, 6.07) is 0.993. The van der Waals surface area contributed by atoms with Crippen molar-refractivity contribution in [1.82, 2.24) is 19.9 Å². The maximum atomic E-state index is 4.42. The Labute approximate surface area is 111 Å². The van der Waals surface area contributed by atoms with Crippen molar-refractivity contribution < 1.29 is 0 Å². The van der Waals surface area contributed by atoms with Gasteiger partial charge in [0.2, 0.25) is 0 Å². The molecule has 1 saturated carbocycles. The van der Waals surface area contributed by atoms with Gasteiger partial charge in [0.15, 0.2) is 0 Å². The number of aryl methyl sites for hydroxylation is 1. The standard InChI is InChI=1S/C13H18N4S/c1-9-5-16-13(18-9)10(2)15-7-12-6-14-8-17(12)11-3-4-11/h5-6,8,10-11,15H,3-4,7H2,1-2H3. The molecule has 5 heteroatoms. The molecule has 2 heterocycles. The first-order valence-corrected chi connectivity index (χ1v) is 7.22. The van der Waals surface area contributed by atoms with E-state index in [1.807, 2.05) is 18.7 Å². The zero-order valence-corrected chi connectivity index (χ0v) is 11.6. The molecule has 1 atom stereocenters. The molecule has 0 aliphatic heterocycles. The Bertz CT molecular complexity index is 527. The van der Waals surface area contributed by atoms with Gasteiger partial charge < -0.3 is 9.88 Å². The maximum absolute atomic E-state index is 4.42. The summed E-state index contributed by atoms with van der Waals surface area (Å²) in [6.07, 6.45) is 8.44. The van der Waals surface area contributed by atoms with Gasteiger partial charge in [-0.05, 0) is 26.7 Å². The van der Waals surface area contributed by atoms with Gasteiger partial charge in [0, 0.05) is 29.9 Å². The van der Waals surface area contributed by atoms with Crippen molar-refractivity contribution in [2.45, 2.75) is 45.3 Å². The lowest BCUT2D eigenvalue weighted by Crippen LogP contribution is -2.19. The predicted molar refractivity (Wildman–Crippen MR) is 72.6 cm³/mol. The molecule has 1 fully saturated rings. The summed E-state index contributed by atoms with van der Waals surface area (Å²) in [5.74, 6) is 0. The third-order valence-corrected chi connectivity index (χ3v) is 4.38. The van der Waals surface area contributed by atoms with Crippen molar-refractivity contribution in [3.05, 3.63) is 34.3 Å². The molecule has 2 aromatic rings. The summed E-state index contributed by atoms with van der Waals surface area (Å²) in [5, 5.41) is 4.68. The molecule has 0 bridgehead atoms. The van der Waals surface area contributed by atoms with Gasteiger partial charge in [-0.25, -0.2) is 9.97 Å². The Kier molecular flexibility index (Phi) is 3.18. The fourth-order valence-electron chi connectivity index (χ4n) is 2.07. The molecular weight excluding hydrogens is 244 g/mol. The maximum Gasteiger partial charge on any atom is 0.109 e. The van der Waals surface area contributed by atoms with Crippen molar-refractivity contribution >= 4 is 11.3 Å². The minimum atomic E-state index is 0.297. The second-order valence-corrected chi connectivity index (χ2v) is 6.20. The van der Waals surface area contributed by atoms with Crippen LogP contribution in [0, 0.1) is 6.92 Å². The number of hydrogen-bond donors (Lipinski definition) is 1. The Morgan fingerprint density at radius 3 is 3.00 bits per heavy atom. The quantitative estimate of drug-likeness (QED) is 0.901. The van der Waals surface area contributed by atoms with Gasteiger partial charge in [0.25, 0.3) is 0 Å². The minimum Gasteiger partial charge on any atom is -0.330 e.